The van der Waals surface area contributed by atoms with E-state index in [4.69, 9.17) is 34.8 Å². The fourth-order valence-electron chi connectivity index (χ4n) is 1.15. The van der Waals surface area contributed by atoms with E-state index in [1.807, 2.05) is 19.1 Å². The average molecular weight is 248 g/mol. The van der Waals surface area contributed by atoms with E-state index in [1.165, 1.54) is 0 Å². The first-order chi connectivity index (χ1) is 6.59. The van der Waals surface area contributed by atoms with Gasteiger partial charge in [-0.15, -0.1) is 0 Å². The van der Waals surface area contributed by atoms with Gasteiger partial charge in [0.25, 0.3) is 0 Å². The molecule has 0 aliphatic heterocycles. The number of fused-ring (bicyclic) bond motifs is 1. The molecule has 0 saturated carbocycles. The summed E-state index contributed by atoms with van der Waals surface area (Å²) < 4.78 is 0. The Bertz CT molecular complexity index is 511. The average Bonchev–Trinajstić information content (AvgIpc) is 2.15. The van der Waals surface area contributed by atoms with Crippen LogP contribution < -0.4 is 0 Å². The third kappa shape index (κ3) is 1.54. The summed E-state index contributed by atoms with van der Waals surface area (Å²) in [6, 6.07) is 3.68. The number of aryl methyl sites for hydroxylation is 1. The second-order valence-electron chi connectivity index (χ2n) is 2.87. The van der Waals surface area contributed by atoms with Gasteiger partial charge in [-0.2, -0.15) is 0 Å². The number of hydrogen-bond acceptors (Lipinski definition) is 2. The van der Waals surface area contributed by atoms with Crippen LogP contribution in [0.2, 0.25) is 15.3 Å². The van der Waals surface area contributed by atoms with Gasteiger partial charge in [0.05, 0.1) is 10.5 Å². The van der Waals surface area contributed by atoms with Gasteiger partial charge in [-0.1, -0.05) is 40.9 Å². The standard InChI is InChI=1S/C9H5Cl3N2/c1-4-2-3-5-7(6(4)10)14-9(12)8(11)13-5/h2-3H,1H3. The lowest BCUT2D eigenvalue weighted by atomic mass is 10.2. The van der Waals surface area contributed by atoms with Crippen molar-refractivity contribution in [2.24, 2.45) is 0 Å². The topological polar surface area (TPSA) is 25.8 Å². The van der Waals surface area contributed by atoms with Gasteiger partial charge >= 0.3 is 0 Å². The monoisotopic (exact) mass is 246 g/mol. The van der Waals surface area contributed by atoms with Gasteiger partial charge in [0.15, 0.2) is 10.3 Å². The molecule has 0 bridgehead atoms. The summed E-state index contributed by atoms with van der Waals surface area (Å²) in [7, 11) is 0. The fourth-order valence-corrected chi connectivity index (χ4v) is 1.61. The van der Waals surface area contributed by atoms with E-state index in [0.717, 1.165) is 5.56 Å². The number of hydrogen-bond donors (Lipinski definition) is 0. The number of aromatic nitrogens is 2. The van der Waals surface area contributed by atoms with Crippen molar-refractivity contribution in [2.75, 3.05) is 0 Å². The Morgan fingerprint density at radius 2 is 1.64 bits per heavy atom. The van der Waals surface area contributed by atoms with Gasteiger partial charge in [0.2, 0.25) is 0 Å². The molecule has 5 heteroatoms. The number of benzene rings is 1. The summed E-state index contributed by atoms with van der Waals surface area (Å²) in [6.45, 7) is 1.89. The van der Waals surface area contributed by atoms with Gasteiger partial charge in [-0.3, -0.25) is 0 Å². The van der Waals surface area contributed by atoms with E-state index < -0.39 is 0 Å². The smallest absolute Gasteiger partial charge is 0.167 e. The molecule has 0 spiro atoms. The summed E-state index contributed by atoms with van der Waals surface area (Å²) in [4.78, 5) is 8.14. The lowest BCUT2D eigenvalue weighted by molar-refractivity contribution is 1.28. The van der Waals surface area contributed by atoms with Gasteiger partial charge < -0.3 is 0 Å². The van der Waals surface area contributed by atoms with E-state index in [-0.39, 0.29) is 10.3 Å². The molecule has 0 radical (unpaired) electrons. The van der Waals surface area contributed by atoms with Gasteiger partial charge in [0.1, 0.15) is 5.52 Å². The van der Waals surface area contributed by atoms with Crippen LogP contribution in [0, 0.1) is 6.92 Å². The van der Waals surface area contributed by atoms with E-state index in [0.29, 0.717) is 16.1 Å². The molecule has 2 rings (SSSR count). The Hall–Kier alpha value is -0.570. The third-order valence-electron chi connectivity index (χ3n) is 1.89. The van der Waals surface area contributed by atoms with Crippen LogP contribution in [0.25, 0.3) is 11.0 Å². The minimum atomic E-state index is 0.173. The quantitative estimate of drug-likeness (QED) is 0.705. The van der Waals surface area contributed by atoms with Crippen LogP contribution in [0.5, 0.6) is 0 Å². The fraction of sp³-hybridized carbons (Fsp3) is 0.111. The molecule has 0 aliphatic carbocycles. The zero-order valence-electron chi connectivity index (χ0n) is 7.18. The molecular weight excluding hydrogens is 242 g/mol. The van der Waals surface area contributed by atoms with Gasteiger partial charge in [-0.05, 0) is 18.6 Å². The molecule has 0 amide bonds. The second kappa shape index (κ2) is 3.54. The zero-order chi connectivity index (χ0) is 10.3. The normalized spacial score (nSPS) is 10.9. The Labute approximate surface area is 95.8 Å². The Morgan fingerprint density at radius 1 is 1.00 bits per heavy atom. The summed E-state index contributed by atoms with van der Waals surface area (Å²) in [6.07, 6.45) is 0. The van der Waals surface area contributed by atoms with Crippen molar-refractivity contribution in [1.82, 2.24) is 9.97 Å². The predicted octanol–water partition coefficient (Wildman–Crippen LogP) is 3.90. The highest BCUT2D eigenvalue weighted by atomic mass is 35.5. The third-order valence-corrected chi connectivity index (χ3v) is 2.99. The molecule has 2 aromatic rings. The summed E-state index contributed by atoms with van der Waals surface area (Å²) in [5, 5.41) is 0.930. The summed E-state index contributed by atoms with van der Waals surface area (Å²) in [5.74, 6) is 0. The Kier molecular flexibility index (Phi) is 2.52. The van der Waals surface area contributed by atoms with Gasteiger partial charge in [0, 0.05) is 0 Å². The van der Waals surface area contributed by atoms with E-state index in [9.17, 15) is 0 Å². The predicted molar refractivity (Wildman–Crippen MR) is 59.3 cm³/mol. The highest BCUT2D eigenvalue weighted by molar-refractivity contribution is 6.41. The van der Waals surface area contributed by atoms with Crippen LogP contribution in [-0.2, 0) is 0 Å². The molecule has 1 aromatic heterocycles. The van der Waals surface area contributed by atoms with Crippen molar-refractivity contribution < 1.29 is 0 Å². The maximum absolute atomic E-state index is 6.05. The maximum Gasteiger partial charge on any atom is 0.167 e. The minimum absolute atomic E-state index is 0.173. The first-order valence-corrected chi connectivity index (χ1v) is 5.01. The molecule has 72 valence electrons. The first kappa shape index (κ1) is 9.97. The maximum atomic E-state index is 6.05. The van der Waals surface area contributed by atoms with Crippen molar-refractivity contribution in [3.8, 4) is 0 Å². The molecule has 0 saturated heterocycles. The number of halogens is 3. The largest absolute Gasteiger partial charge is 0.231 e. The molecular formula is C9H5Cl3N2. The zero-order valence-corrected chi connectivity index (χ0v) is 9.45. The molecule has 0 aliphatic rings. The summed E-state index contributed by atoms with van der Waals surface area (Å²) >= 11 is 17.5. The van der Waals surface area contributed by atoms with Crippen molar-refractivity contribution in [3.63, 3.8) is 0 Å². The molecule has 1 heterocycles. The highest BCUT2D eigenvalue weighted by Crippen LogP contribution is 2.27. The van der Waals surface area contributed by atoms with Crippen LogP contribution in [-0.4, -0.2) is 9.97 Å². The highest BCUT2D eigenvalue weighted by Gasteiger charge is 2.08. The molecule has 0 unspecified atom stereocenters. The van der Waals surface area contributed by atoms with Crippen LogP contribution in [0.1, 0.15) is 5.56 Å². The summed E-state index contributed by atoms with van der Waals surface area (Å²) in [5.41, 5.74) is 2.17. The first-order valence-electron chi connectivity index (χ1n) is 3.87. The Morgan fingerprint density at radius 3 is 2.36 bits per heavy atom. The van der Waals surface area contributed by atoms with Crippen LogP contribution in [0.4, 0.5) is 0 Å². The second-order valence-corrected chi connectivity index (χ2v) is 3.96. The molecule has 0 fully saturated rings. The molecule has 0 N–H and O–H groups in total. The Balaban J connectivity index is 2.89. The van der Waals surface area contributed by atoms with Crippen LogP contribution >= 0.6 is 34.8 Å². The van der Waals surface area contributed by atoms with E-state index in [2.05, 4.69) is 9.97 Å². The van der Waals surface area contributed by atoms with Gasteiger partial charge in [-0.25, -0.2) is 9.97 Å². The van der Waals surface area contributed by atoms with Crippen molar-refractivity contribution in [2.45, 2.75) is 6.92 Å². The van der Waals surface area contributed by atoms with Crippen LogP contribution in [0.15, 0.2) is 12.1 Å². The van der Waals surface area contributed by atoms with E-state index in [1.54, 1.807) is 0 Å². The van der Waals surface area contributed by atoms with Crippen molar-refractivity contribution >= 4 is 45.8 Å². The SMILES string of the molecule is Cc1ccc2nc(Cl)c(Cl)nc2c1Cl. The minimum Gasteiger partial charge on any atom is -0.231 e. The van der Waals surface area contributed by atoms with E-state index >= 15 is 0 Å². The molecule has 14 heavy (non-hydrogen) atoms. The number of rotatable bonds is 0. The molecule has 2 nitrogen and oxygen atoms in total. The lowest BCUT2D eigenvalue weighted by Gasteiger charge is -2.03. The number of nitrogens with zero attached hydrogens (tertiary/aromatic N) is 2. The lowest BCUT2D eigenvalue weighted by Crippen LogP contribution is -1.89. The van der Waals surface area contributed by atoms with Crippen LogP contribution in [0.3, 0.4) is 0 Å². The molecule has 1 aromatic carbocycles. The van der Waals surface area contributed by atoms with Crippen molar-refractivity contribution in [3.05, 3.63) is 33.0 Å². The molecule has 0 atom stereocenters. The van der Waals surface area contributed by atoms with Crippen molar-refractivity contribution in [1.29, 1.82) is 0 Å².